The molecule has 5 nitrogen and oxygen atoms in total. The number of rotatable bonds is 6. The highest BCUT2D eigenvalue weighted by molar-refractivity contribution is 5.87. The van der Waals surface area contributed by atoms with Crippen LogP contribution >= 0.6 is 0 Å². The van der Waals surface area contributed by atoms with E-state index in [-0.39, 0.29) is 18.5 Å². The average molecular weight is 264 g/mol. The van der Waals surface area contributed by atoms with Crippen LogP contribution in [0.4, 0.5) is 5.69 Å². The van der Waals surface area contributed by atoms with Crippen LogP contribution in [0.5, 0.6) is 0 Å². The van der Waals surface area contributed by atoms with Crippen LogP contribution in [0.1, 0.15) is 20.8 Å². The Hall–Kier alpha value is -2.04. The van der Waals surface area contributed by atoms with E-state index in [2.05, 4.69) is 5.32 Å². The lowest BCUT2D eigenvalue weighted by molar-refractivity contribution is -0.135. The van der Waals surface area contributed by atoms with Crippen molar-refractivity contribution < 1.29 is 14.7 Å². The molecule has 0 aliphatic rings. The van der Waals surface area contributed by atoms with Crippen LogP contribution in [0.2, 0.25) is 0 Å². The van der Waals surface area contributed by atoms with E-state index < -0.39 is 12.0 Å². The van der Waals surface area contributed by atoms with Crippen molar-refractivity contribution in [3.05, 3.63) is 30.3 Å². The number of aliphatic carboxylic acids is 1. The molecule has 1 atom stereocenters. The van der Waals surface area contributed by atoms with E-state index >= 15 is 0 Å². The molecule has 0 aromatic heterocycles. The molecule has 1 rings (SSSR count). The zero-order chi connectivity index (χ0) is 14.4. The lowest BCUT2D eigenvalue weighted by Crippen LogP contribution is -2.49. The summed E-state index contributed by atoms with van der Waals surface area (Å²) in [6.45, 7) is 5.23. The van der Waals surface area contributed by atoms with Crippen LogP contribution in [-0.2, 0) is 9.59 Å². The van der Waals surface area contributed by atoms with Gasteiger partial charge < -0.3 is 15.3 Å². The Morgan fingerprint density at radius 3 is 2.26 bits per heavy atom. The number of carboxylic acid groups (broad SMARTS) is 1. The maximum Gasteiger partial charge on any atom is 0.323 e. The third-order valence-electron chi connectivity index (χ3n) is 2.67. The number of carbonyl (C=O) groups is 2. The highest BCUT2D eigenvalue weighted by Gasteiger charge is 2.23. The first-order chi connectivity index (χ1) is 8.91. The van der Waals surface area contributed by atoms with Crippen molar-refractivity contribution in [3.63, 3.8) is 0 Å². The van der Waals surface area contributed by atoms with E-state index in [9.17, 15) is 9.59 Å². The van der Waals surface area contributed by atoms with Crippen molar-refractivity contribution in [2.24, 2.45) is 0 Å². The smallest absolute Gasteiger partial charge is 0.323 e. The van der Waals surface area contributed by atoms with E-state index in [1.807, 2.05) is 32.0 Å². The second-order valence-electron chi connectivity index (χ2n) is 4.70. The molecule has 2 N–H and O–H groups in total. The van der Waals surface area contributed by atoms with Gasteiger partial charge in [0.15, 0.2) is 0 Å². The number of nitrogens with zero attached hydrogens (tertiary/aromatic N) is 1. The minimum Gasteiger partial charge on any atom is -0.480 e. The van der Waals surface area contributed by atoms with Gasteiger partial charge in [0, 0.05) is 11.7 Å². The standard InChI is InChI=1S/C14H20N2O3/c1-10(2)15-14(19)11(3)16(9-13(17)18)12-7-5-4-6-8-12/h4-8,10-11H,9H2,1-3H3,(H,15,19)(H,17,18). The van der Waals surface area contributed by atoms with Crippen molar-refractivity contribution in [2.75, 3.05) is 11.4 Å². The second-order valence-corrected chi connectivity index (χ2v) is 4.70. The molecule has 0 saturated carbocycles. The quantitative estimate of drug-likeness (QED) is 0.816. The number of hydrogen-bond acceptors (Lipinski definition) is 3. The van der Waals surface area contributed by atoms with Crippen LogP contribution in [-0.4, -0.2) is 35.6 Å². The number of amides is 1. The van der Waals surface area contributed by atoms with E-state index in [0.717, 1.165) is 5.69 Å². The van der Waals surface area contributed by atoms with Gasteiger partial charge in [0.05, 0.1) is 0 Å². The molecule has 1 aromatic rings. The number of anilines is 1. The fourth-order valence-electron chi connectivity index (χ4n) is 1.76. The topological polar surface area (TPSA) is 69.6 Å². The number of carboxylic acids is 1. The third kappa shape index (κ3) is 4.62. The summed E-state index contributed by atoms with van der Waals surface area (Å²) in [6, 6.07) is 8.55. The molecule has 5 heteroatoms. The van der Waals surface area contributed by atoms with Gasteiger partial charge in [-0.1, -0.05) is 18.2 Å². The van der Waals surface area contributed by atoms with E-state index in [1.54, 1.807) is 24.0 Å². The van der Waals surface area contributed by atoms with Crippen molar-refractivity contribution in [1.29, 1.82) is 0 Å². The molecule has 0 bridgehead atoms. The molecule has 1 aromatic carbocycles. The fraction of sp³-hybridized carbons (Fsp3) is 0.429. The van der Waals surface area contributed by atoms with Crippen LogP contribution in [0.25, 0.3) is 0 Å². The maximum atomic E-state index is 12.0. The molecule has 1 amide bonds. The zero-order valence-electron chi connectivity index (χ0n) is 11.5. The predicted molar refractivity (Wildman–Crippen MR) is 74.2 cm³/mol. The van der Waals surface area contributed by atoms with E-state index in [0.29, 0.717) is 0 Å². The molecular formula is C14H20N2O3. The molecule has 19 heavy (non-hydrogen) atoms. The largest absolute Gasteiger partial charge is 0.480 e. The Kier molecular flexibility index (Phi) is 5.36. The van der Waals surface area contributed by atoms with Gasteiger partial charge in [-0.05, 0) is 32.9 Å². The van der Waals surface area contributed by atoms with Crippen LogP contribution in [0, 0.1) is 0 Å². The summed E-state index contributed by atoms with van der Waals surface area (Å²) in [5, 5.41) is 11.8. The van der Waals surface area contributed by atoms with Gasteiger partial charge in [-0.25, -0.2) is 0 Å². The van der Waals surface area contributed by atoms with Gasteiger partial charge in [-0.15, -0.1) is 0 Å². The summed E-state index contributed by atoms with van der Waals surface area (Å²) in [6.07, 6.45) is 0. The monoisotopic (exact) mass is 264 g/mol. The van der Waals surface area contributed by atoms with Crippen molar-refractivity contribution >= 4 is 17.6 Å². The molecule has 0 fully saturated rings. The molecule has 0 saturated heterocycles. The summed E-state index contributed by atoms with van der Waals surface area (Å²) >= 11 is 0. The lowest BCUT2D eigenvalue weighted by atomic mass is 10.2. The fourth-order valence-corrected chi connectivity index (χ4v) is 1.76. The average Bonchev–Trinajstić information content (AvgIpc) is 2.35. The number of benzene rings is 1. The summed E-state index contributed by atoms with van der Waals surface area (Å²) in [5.74, 6) is -1.15. The predicted octanol–water partition coefficient (Wildman–Crippen LogP) is 1.49. The number of nitrogens with one attached hydrogen (secondary N) is 1. The molecule has 0 aliphatic heterocycles. The molecule has 0 heterocycles. The molecule has 0 aliphatic carbocycles. The SMILES string of the molecule is CC(C)NC(=O)C(C)N(CC(=O)O)c1ccccc1. The molecular weight excluding hydrogens is 244 g/mol. The Labute approximate surface area is 113 Å². The zero-order valence-corrected chi connectivity index (χ0v) is 11.5. The van der Waals surface area contributed by atoms with E-state index in [4.69, 9.17) is 5.11 Å². The summed E-state index contributed by atoms with van der Waals surface area (Å²) in [4.78, 5) is 24.5. The van der Waals surface area contributed by atoms with Crippen molar-refractivity contribution in [2.45, 2.75) is 32.9 Å². The Balaban J connectivity index is 2.91. The van der Waals surface area contributed by atoms with Crippen LogP contribution in [0.15, 0.2) is 30.3 Å². The summed E-state index contributed by atoms with van der Waals surface area (Å²) in [5.41, 5.74) is 0.719. The van der Waals surface area contributed by atoms with Crippen LogP contribution in [0.3, 0.4) is 0 Å². The minimum absolute atomic E-state index is 0.0254. The normalized spacial score (nSPS) is 12.0. The van der Waals surface area contributed by atoms with Gasteiger partial charge in [0.2, 0.25) is 5.91 Å². The highest BCUT2D eigenvalue weighted by Crippen LogP contribution is 2.16. The summed E-state index contributed by atoms with van der Waals surface area (Å²) < 4.78 is 0. The maximum absolute atomic E-state index is 12.0. The Morgan fingerprint density at radius 2 is 1.79 bits per heavy atom. The molecule has 1 unspecified atom stereocenters. The van der Waals surface area contributed by atoms with Crippen LogP contribution < -0.4 is 10.2 Å². The van der Waals surface area contributed by atoms with E-state index in [1.165, 1.54) is 0 Å². The lowest BCUT2D eigenvalue weighted by Gasteiger charge is -2.29. The second kappa shape index (κ2) is 6.78. The number of carbonyl (C=O) groups excluding carboxylic acids is 1. The Bertz CT molecular complexity index is 432. The third-order valence-corrected chi connectivity index (χ3v) is 2.67. The Morgan fingerprint density at radius 1 is 1.21 bits per heavy atom. The highest BCUT2D eigenvalue weighted by atomic mass is 16.4. The first-order valence-electron chi connectivity index (χ1n) is 6.25. The molecule has 0 radical (unpaired) electrons. The number of hydrogen-bond donors (Lipinski definition) is 2. The van der Waals surface area contributed by atoms with Gasteiger partial charge in [-0.2, -0.15) is 0 Å². The van der Waals surface area contributed by atoms with Gasteiger partial charge >= 0.3 is 5.97 Å². The summed E-state index contributed by atoms with van der Waals surface area (Å²) in [7, 11) is 0. The first kappa shape index (κ1) is 15.0. The van der Waals surface area contributed by atoms with Gasteiger partial charge in [0.25, 0.3) is 0 Å². The molecule has 104 valence electrons. The van der Waals surface area contributed by atoms with Gasteiger partial charge in [-0.3, -0.25) is 9.59 Å². The van der Waals surface area contributed by atoms with Gasteiger partial charge in [0.1, 0.15) is 12.6 Å². The molecule has 0 spiro atoms. The minimum atomic E-state index is -0.965. The van der Waals surface area contributed by atoms with Crippen molar-refractivity contribution in [1.82, 2.24) is 5.32 Å². The number of para-hydroxylation sites is 1. The van der Waals surface area contributed by atoms with Crippen molar-refractivity contribution in [3.8, 4) is 0 Å². The first-order valence-corrected chi connectivity index (χ1v) is 6.25.